The van der Waals surface area contributed by atoms with Gasteiger partial charge in [-0.05, 0) is 49.7 Å². The van der Waals surface area contributed by atoms with Crippen LogP contribution in [0, 0.1) is 25.2 Å². The number of rotatable bonds is 4. The third kappa shape index (κ3) is 4.43. The number of aryl methyl sites for hydroxylation is 2. The van der Waals surface area contributed by atoms with Crippen molar-refractivity contribution in [3.8, 4) is 22.9 Å². The van der Waals surface area contributed by atoms with Crippen LogP contribution in [-0.4, -0.2) is 13.0 Å². The van der Waals surface area contributed by atoms with Gasteiger partial charge in [0.05, 0.1) is 10.5 Å². The van der Waals surface area contributed by atoms with Crippen molar-refractivity contribution in [2.45, 2.75) is 18.7 Å². The summed E-state index contributed by atoms with van der Waals surface area (Å²) in [7, 11) is -4.07. The molecule has 0 fully saturated rings. The van der Waals surface area contributed by atoms with Gasteiger partial charge < -0.3 is 5.73 Å². The average Bonchev–Trinajstić information content (AvgIpc) is 2.81. The first-order valence-corrected chi connectivity index (χ1v) is 11.7. The Morgan fingerprint density at radius 2 is 1.45 bits per heavy atom. The summed E-state index contributed by atoms with van der Waals surface area (Å²) in [4.78, 5) is 0.0745. The fraction of sp³-hybridized carbons (Fsp3) is 0.0769. The van der Waals surface area contributed by atoms with Crippen molar-refractivity contribution < 1.29 is 8.42 Å². The van der Waals surface area contributed by atoms with Gasteiger partial charge in [-0.3, -0.25) is 4.57 Å². The summed E-state index contributed by atoms with van der Waals surface area (Å²) in [5.41, 5.74) is 10.5. The minimum atomic E-state index is -4.07. The van der Waals surface area contributed by atoms with E-state index < -0.39 is 10.0 Å². The van der Waals surface area contributed by atoms with Crippen LogP contribution in [0.1, 0.15) is 16.7 Å². The second-order valence-electron chi connectivity index (χ2n) is 7.71. The third-order valence-electron chi connectivity index (χ3n) is 5.28. The molecule has 2 N–H and O–H groups in total. The molecule has 3 aromatic carbocycles. The highest BCUT2D eigenvalue weighted by Crippen LogP contribution is 2.24. The Morgan fingerprint density at radius 3 is 2.03 bits per heavy atom. The Hall–Kier alpha value is -4.15. The van der Waals surface area contributed by atoms with Gasteiger partial charge in [0.1, 0.15) is 11.9 Å². The Balaban J connectivity index is 2.14. The topological polar surface area (TPSA) is 101 Å². The largest absolute Gasteiger partial charge is 0.384 e. The number of benzene rings is 3. The number of sulfonamides is 1. The van der Waals surface area contributed by atoms with Crippen molar-refractivity contribution in [2.75, 3.05) is 5.73 Å². The number of anilines is 1. The number of nitrogens with two attached hydrogens (primary N) is 1. The summed E-state index contributed by atoms with van der Waals surface area (Å²) in [5.74, 6) is 0.110. The highest BCUT2D eigenvalue weighted by atomic mass is 32.2. The van der Waals surface area contributed by atoms with Crippen LogP contribution in [0.2, 0.25) is 0 Å². The van der Waals surface area contributed by atoms with Crippen molar-refractivity contribution in [2.24, 2.45) is 4.40 Å². The van der Waals surface area contributed by atoms with Crippen LogP contribution < -0.4 is 11.2 Å². The van der Waals surface area contributed by atoms with Gasteiger partial charge in [0.15, 0.2) is 5.49 Å². The van der Waals surface area contributed by atoms with Crippen LogP contribution in [0.25, 0.3) is 16.8 Å². The molecule has 7 heteroatoms. The summed E-state index contributed by atoms with van der Waals surface area (Å²) >= 11 is 0. The molecule has 0 unspecified atom stereocenters. The van der Waals surface area contributed by atoms with E-state index in [1.807, 2.05) is 68.4 Å². The number of hydrogen-bond donors (Lipinski definition) is 1. The summed E-state index contributed by atoms with van der Waals surface area (Å²) in [5, 5.41) is 9.74. The Labute approximate surface area is 193 Å². The normalized spacial score (nSPS) is 11.8. The highest BCUT2D eigenvalue weighted by molar-refractivity contribution is 7.90. The van der Waals surface area contributed by atoms with E-state index in [2.05, 4.69) is 10.5 Å². The van der Waals surface area contributed by atoms with E-state index in [-0.39, 0.29) is 21.8 Å². The number of aromatic nitrogens is 1. The molecular weight excluding hydrogens is 432 g/mol. The van der Waals surface area contributed by atoms with Gasteiger partial charge in [-0.1, -0.05) is 65.7 Å². The molecule has 0 aliphatic heterocycles. The minimum absolute atomic E-state index is 0.0745. The minimum Gasteiger partial charge on any atom is -0.384 e. The van der Waals surface area contributed by atoms with Crippen LogP contribution >= 0.6 is 0 Å². The lowest BCUT2D eigenvalue weighted by molar-refractivity contribution is 0.596. The quantitative estimate of drug-likeness (QED) is 0.490. The lowest BCUT2D eigenvalue weighted by Gasteiger charge is -2.16. The second kappa shape index (κ2) is 8.77. The molecule has 0 aliphatic carbocycles. The molecule has 0 aliphatic rings. The first-order chi connectivity index (χ1) is 15.8. The predicted molar refractivity (Wildman–Crippen MR) is 129 cm³/mol. The Kier molecular flexibility index (Phi) is 5.86. The average molecular weight is 455 g/mol. The standard InChI is InChI=1S/C26H22N4O2S/c1-18-8-12-22(13-9-18)30-25(28)21(17-27)16-24(20-6-4-3-5-7-20)26(30)29-33(31,32)23-14-10-19(2)11-15-23/h3-16H,28H2,1-2H3/b29-26-. The summed E-state index contributed by atoms with van der Waals surface area (Å²) in [6, 6.07) is 26.8. The maximum Gasteiger partial charge on any atom is 0.284 e. The van der Waals surface area contributed by atoms with Gasteiger partial charge >= 0.3 is 0 Å². The summed E-state index contributed by atoms with van der Waals surface area (Å²) in [6.45, 7) is 3.83. The summed E-state index contributed by atoms with van der Waals surface area (Å²) in [6.07, 6.45) is 0. The van der Waals surface area contributed by atoms with Crippen LogP contribution in [-0.2, 0) is 10.0 Å². The van der Waals surface area contributed by atoms with Crippen LogP contribution in [0.4, 0.5) is 5.82 Å². The number of nitrogens with zero attached hydrogens (tertiary/aromatic N) is 3. The second-order valence-corrected chi connectivity index (χ2v) is 9.31. The highest BCUT2D eigenvalue weighted by Gasteiger charge is 2.19. The van der Waals surface area contributed by atoms with E-state index in [4.69, 9.17) is 5.73 Å². The van der Waals surface area contributed by atoms with Crippen molar-refractivity contribution in [3.05, 3.63) is 107 Å². The lowest BCUT2D eigenvalue weighted by Crippen LogP contribution is -2.27. The first kappa shape index (κ1) is 22.1. The smallest absolute Gasteiger partial charge is 0.284 e. The molecule has 1 aromatic heterocycles. The molecule has 33 heavy (non-hydrogen) atoms. The third-order valence-corrected chi connectivity index (χ3v) is 6.56. The molecule has 0 atom stereocenters. The van der Waals surface area contributed by atoms with E-state index >= 15 is 0 Å². The molecule has 164 valence electrons. The molecule has 0 radical (unpaired) electrons. The fourth-order valence-electron chi connectivity index (χ4n) is 3.48. The molecule has 6 nitrogen and oxygen atoms in total. The van der Waals surface area contributed by atoms with Crippen molar-refractivity contribution in [3.63, 3.8) is 0 Å². The fourth-order valence-corrected chi connectivity index (χ4v) is 4.47. The van der Waals surface area contributed by atoms with Gasteiger partial charge in [-0.15, -0.1) is 4.40 Å². The SMILES string of the molecule is Cc1ccc(-n2c(N)c(C#N)cc(-c3ccccc3)/c2=N/S(=O)(=O)c2ccc(C)cc2)cc1. The maximum absolute atomic E-state index is 13.3. The molecule has 1 heterocycles. The van der Waals surface area contributed by atoms with Gasteiger partial charge in [-0.2, -0.15) is 13.7 Å². The lowest BCUT2D eigenvalue weighted by atomic mass is 10.0. The predicted octanol–water partition coefficient (Wildman–Crippen LogP) is 4.50. The number of nitrogen functional groups attached to an aromatic ring is 1. The molecule has 0 amide bonds. The molecule has 4 aromatic rings. The van der Waals surface area contributed by atoms with Crippen molar-refractivity contribution >= 4 is 15.8 Å². The van der Waals surface area contributed by atoms with Gasteiger partial charge in [0, 0.05) is 11.3 Å². The van der Waals surface area contributed by atoms with Crippen LogP contribution in [0.3, 0.4) is 0 Å². The Bertz CT molecular complexity index is 1530. The number of pyridine rings is 1. The van der Waals surface area contributed by atoms with E-state index in [0.29, 0.717) is 16.8 Å². The molecule has 0 bridgehead atoms. The Morgan fingerprint density at radius 1 is 0.879 bits per heavy atom. The molecule has 0 spiro atoms. The maximum atomic E-state index is 13.3. The molecule has 4 rings (SSSR count). The van der Waals surface area contributed by atoms with Gasteiger partial charge in [0.25, 0.3) is 10.0 Å². The zero-order chi connectivity index (χ0) is 23.6. The number of hydrogen-bond acceptors (Lipinski definition) is 4. The monoisotopic (exact) mass is 454 g/mol. The van der Waals surface area contributed by atoms with E-state index in [1.54, 1.807) is 18.2 Å². The first-order valence-electron chi connectivity index (χ1n) is 10.3. The van der Waals surface area contributed by atoms with Crippen LogP contribution in [0.5, 0.6) is 0 Å². The van der Waals surface area contributed by atoms with E-state index in [0.717, 1.165) is 11.1 Å². The van der Waals surface area contributed by atoms with E-state index in [9.17, 15) is 13.7 Å². The van der Waals surface area contributed by atoms with Gasteiger partial charge in [-0.25, -0.2) is 0 Å². The van der Waals surface area contributed by atoms with Gasteiger partial charge in [0.2, 0.25) is 0 Å². The van der Waals surface area contributed by atoms with Crippen molar-refractivity contribution in [1.82, 2.24) is 4.57 Å². The molecular formula is C26H22N4O2S. The van der Waals surface area contributed by atoms with Crippen molar-refractivity contribution in [1.29, 1.82) is 5.26 Å². The summed E-state index contributed by atoms with van der Waals surface area (Å²) < 4.78 is 32.4. The molecule has 0 saturated carbocycles. The number of nitriles is 1. The zero-order valence-corrected chi connectivity index (χ0v) is 19.0. The van der Waals surface area contributed by atoms with Crippen LogP contribution in [0.15, 0.2) is 94.2 Å². The molecule has 0 saturated heterocycles. The van der Waals surface area contributed by atoms with E-state index in [1.165, 1.54) is 16.7 Å². The zero-order valence-electron chi connectivity index (χ0n) is 18.2.